The van der Waals surface area contributed by atoms with Gasteiger partial charge in [0.25, 0.3) is 5.69 Å². The van der Waals surface area contributed by atoms with E-state index >= 15 is 0 Å². The average Bonchev–Trinajstić information content (AvgIpc) is 2.68. The Morgan fingerprint density at radius 3 is 2.29 bits per heavy atom. The molecule has 144 valence electrons. The molecular weight excluding hydrogens is 426 g/mol. The fraction of sp³-hybridized carbons (Fsp3) is 0.190. The zero-order valence-corrected chi connectivity index (χ0v) is 16.7. The zero-order chi connectivity index (χ0) is 20.3. The lowest BCUT2D eigenvalue weighted by Gasteiger charge is -2.17. The summed E-state index contributed by atoms with van der Waals surface area (Å²) in [5.41, 5.74) is 2.88. The van der Waals surface area contributed by atoms with Crippen LogP contribution in [0.2, 0.25) is 0 Å². The van der Waals surface area contributed by atoms with Crippen LogP contribution < -0.4 is 4.74 Å². The van der Waals surface area contributed by atoms with Gasteiger partial charge in [-0.2, -0.15) is 0 Å². The van der Waals surface area contributed by atoms with Crippen LogP contribution in [0.25, 0.3) is 12.2 Å². The summed E-state index contributed by atoms with van der Waals surface area (Å²) >= 11 is 3.29. The van der Waals surface area contributed by atoms with E-state index in [0.717, 1.165) is 17.5 Å². The maximum atomic E-state index is 12.9. The van der Waals surface area contributed by atoms with Gasteiger partial charge in [0.05, 0.1) is 16.5 Å². The van der Waals surface area contributed by atoms with Crippen molar-refractivity contribution in [3.8, 4) is 11.5 Å². The van der Waals surface area contributed by atoms with E-state index in [2.05, 4.69) is 15.9 Å². The van der Waals surface area contributed by atoms with Gasteiger partial charge in [-0.05, 0) is 82.7 Å². The Bertz CT molecular complexity index is 993. The highest BCUT2D eigenvalue weighted by Crippen LogP contribution is 2.36. The number of non-ortho nitro benzene ring substituents is 1. The van der Waals surface area contributed by atoms with Gasteiger partial charge in [0, 0.05) is 23.3 Å². The molecule has 7 heteroatoms. The van der Waals surface area contributed by atoms with Gasteiger partial charge in [-0.25, -0.2) is 0 Å². The lowest BCUT2D eigenvalue weighted by atomic mass is 9.87. The quantitative estimate of drug-likeness (QED) is 0.393. The number of halogens is 1. The first-order chi connectivity index (χ1) is 13.4. The molecule has 3 rings (SSSR count). The number of ether oxygens (including phenoxy) is 1. The SMILES string of the molecule is COc1cc(/C=C2\CCC/C(=C\c3ccc([N+](=O)[O-])cc3)C2=O)cc(Br)c1O. The Labute approximate surface area is 170 Å². The number of nitro benzene ring substituents is 1. The number of hydrogen-bond acceptors (Lipinski definition) is 5. The Hall–Kier alpha value is -2.93. The monoisotopic (exact) mass is 443 g/mol. The average molecular weight is 444 g/mol. The van der Waals surface area contributed by atoms with Gasteiger partial charge in [-0.15, -0.1) is 0 Å². The third-order valence-electron chi connectivity index (χ3n) is 4.53. The van der Waals surface area contributed by atoms with Gasteiger partial charge in [-0.3, -0.25) is 14.9 Å². The maximum absolute atomic E-state index is 12.9. The van der Waals surface area contributed by atoms with Crippen LogP contribution in [0.15, 0.2) is 52.0 Å². The number of carbonyl (C=O) groups excluding carboxylic acids is 1. The summed E-state index contributed by atoms with van der Waals surface area (Å²) in [7, 11) is 1.47. The Kier molecular flexibility index (Phi) is 5.94. The lowest BCUT2D eigenvalue weighted by molar-refractivity contribution is -0.384. The van der Waals surface area contributed by atoms with E-state index in [1.807, 2.05) is 0 Å². The largest absolute Gasteiger partial charge is 0.503 e. The van der Waals surface area contributed by atoms with Gasteiger partial charge in [-0.1, -0.05) is 0 Å². The summed E-state index contributed by atoms with van der Waals surface area (Å²) < 4.78 is 5.64. The number of ketones is 1. The fourth-order valence-electron chi connectivity index (χ4n) is 3.11. The molecule has 2 aromatic carbocycles. The van der Waals surface area contributed by atoms with Gasteiger partial charge in [0.15, 0.2) is 17.3 Å². The molecule has 0 bridgehead atoms. The van der Waals surface area contributed by atoms with Crippen molar-refractivity contribution >= 4 is 39.6 Å². The summed E-state index contributed by atoms with van der Waals surface area (Å²) in [6, 6.07) is 9.53. The molecule has 1 N–H and O–H groups in total. The number of benzene rings is 2. The van der Waals surface area contributed by atoms with Gasteiger partial charge >= 0.3 is 0 Å². The topological polar surface area (TPSA) is 89.7 Å². The smallest absolute Gasteiger partial charge is 0.269 e. The summed E-state index contributed by atoms with van der Waals surface area (Å²) in [4.78, 5) is 23.2. The molecule has 1 aliphatic rings. The van der Waals surface area contributed by atoms with Crippen LogP contribution in [0, 0.1) is 10.1 Å². The molecule has 0 aliphatic heterocycles. The number of nitrogens with zero attached hydrogens (tertiary/aromatic N) is 1. The molecule has 0 atom stereocenters. The van der Waals surface area contributed by atoms with Gasteiger partial charge < -0.3 is 9.84 Å². The van der Waals surface area contributed by atoms with Crippen molar-refractivity contribution in [2.24, 2.45) is 0 Å². The first kappa shape index (κ1) is 19.8. The highest BCUT2D eigenvalue weighted by Gasteiger charge is 2.21. The zero-order valence-electron chi connectivity index (χ0n) is 15.1. The number of phenolic OH excluding ortho intramolecular Hbond substituents is 1. The molecule has 2 aromatic rings. The highest BCUT2D eigenvalue weighted by atomic mass is 79.9. The lowest BCUT2D eigenvalue weighted by Crippen LogP contribution is -2.12. The minimum absolute atomic E-state index is 0.0124. The molecule has 0 aromatic heterocycles. The second kappa shape index (κ2) is 8.39. The fourth-order valence-corrected chi connectivity index (χ4v) is 3.57. The molecule has 28 heavy (non-hydrogen) atoms. The predicted molar refractivity (Wildman–Crippen MR) is 110 cm³/mol. The van der Waals surface area contributed by atoms with Crippen LogP contribution in [0.3, 0.4) is 0 Å². The van der Waals surface area contributed by atoms with Crippen LogP contribution in [-0.2, 0) is 4.79 Å². The minimum atomic E-state index is -0.451. The van der Waals surface area contributed by atoms with E-state index in [9.17, 15) is 20.0 Å². The molecule has 6 nitrogen and oxygen atoms in total. The summed E-state index contributed by atoms with van der Waals surface area (Å²) in [6.07, 6.45) is 5.75. The molecule has 0 radical (unpaired) electrons. The molecule has 0 heterocycles. The number of methoxy groups -OCH3 is 1. The number of nitro groups is 1. The van der Waals surface area contributed by atoms with E-state index in [1.165, 1.54) is 19.2 Å². The molecule has 0 spiro atoms. The van der Waals surface area contributed by atoms with Crippen molar-refractivity contribution in [1.82, 2.24) is 0 Å². The Balaban J connectivity index is 1.89. The molecule has 0 amide bonds. The maximum Gasteiger partial charge on any atom is 0.269 e. The minimum Gasteiger partial charge on any atom is -0.503 e. The van der Waals surface area contributed by atoms with Crippen molar-refractivity contribution in [1.29, 1.82) is 0 Å². The third-order valence-corrected chi connectivity index (χ3v) is 5.14. The van der Waals surface area contributed by atoms with Crippen molar-refractivity contribution in [3.63, 3.8) is 0 Å². The molecule has 0 saturated heterocycles. The third kappa shape index (κ3) is 4.31. The summed E-state index contributed by atoms with van der Waals surface area (Å²) in [5, 5.41) is 20.7. The van der Waals surface area contributed by atoms with E-state index in [1.54, 1.807) is 36.4 Å². The second-order valence-corrected chi connectivity index (χ2v) is 7.28. The van der Waals surface area contributed by atoms with Crippen LogP contribution >= 0.6 is 15.9 Å². The number of hydrogen-bond donors (Lipinski definition) is 1. The van der Waals surface area contributed by atoms with Crippen molar-refractivity contribution in [2.45, 2.75) is 19.3 Å². The molecular formula is C21H18BrNO5. The standard InChI is InChI=1S/C21H18BrNO5/c1-28-19-12-14(11-18(22)21(19)25)10-16-4-2-3-15(20(16)24)9-13-5-7-17(8-6-13)23(26)27/h5-12,25H,2-4H2,1H3/b15-9+,16-10+. The molecule has 1 aliphatic carbocycles. The number of allylic oxidation sites excluding steroid dienone is 2. The van der Waals surface area contributed by atoms with Crippen LogP contribution in [0.1, 0.15) is 30.4 Å². The van der Waals surface area contributed by atoms with Crippen molar-refractivity contribution < 1.29 is 19.6 Å². The van der Waals surface area contributed by atoms with E-state index in [4.69, 9.17) is 4.74 Å². The number of Topliss-reactive ketones (excluding diaryl/α,β-unsaturated/α-hetero) is 1. The van der Waals surface area contributed by atoms with Gasteiger partial charge in [0.2, 0.25) is 0 Å². The summed E-state index contributed by atoms with van der Waals surface area (Å²) in [6.45, 7) is 0. The first-order valence-corrected chi connectivity index (χ1v) is 9.45. The van der Waals surface area contributed by atoms with Crippen molar-refractivity contribution in [2.75, 3.05) is 7.11 Å². The normalized spacial score (nSPS) is 17.1. The van der Waals surface area contributed by atoms with Crippen molar-refractivity contribution in [3.05, 3.63) is 73.3 Å². The highest BCUT2D eigenvalue weighted by molar-refractivity contribution is 9.10. The first-order valence-electron chi connectivity index (χ1n) is 8.66. The predicted octanol–water partition coefficient (Wildman–Crippen LogP) is 5.29. The second-order valence-electron chi connectivity index (χ2n) is 6.42. The van der Waals surface area contributed by atoms with Crippen LogP contribution in [-0.4, -0.2) is 22.9 Å². The number of phenols is 1. The van der Waals surface area contributed by atoms with Gasteiger partial charge in [0.1, 0.15) is 0 Å². The Morgan fingerprint density at radius 2 is 1.71 bits per heavy atom. The van der Waals surface area contributed by atoms with E-state index in [0.29, 0.717) is 34.2 Å². The molecule has 1 saturated carbocycles. The van der Waals surface area contributed by atoms with E-state index in [-0.39, 0.29) is 17.2 Å². The number of rotatable bonds is 4. The van der Waals surface area contributed by atoms with Crippen LogP contribution in [0.4, 0.5) is 5.69 Å². The van der Waals surface area contributed by atoms with E-state index < -0.39 is 4.92 Å². The Morgan fingerprint density at radius 1 is 1.11 bits per heavy atom. The summed E-state index contributed by atoms with van der Waals surface area (Å²) in [5.74, 6) is 0.303. The number of aromatic hydroxyl groups is 1. The number of carbonyl (C=O) groups is 1. The van der Waals surface area contributed by atoms with Crippen LogP contribution in [0.5, 0.6) is 11.5 Å². The molecule has 0 unspecified atom stereocenters. The molecule has 1 fully saturated rings.